The second-order valence-electron chi connectivity index (χ2n) is 4.11. The average Bonchev–Trinajstić information content (AvgIpc) is 2.83. The van der Waals surface area contributed by atoms with Gasteiger partial charge in [0, 0.05) is 19.7 Å². The summed E-state index contributed by atoms with van der Waals surface area (Å²) in [6.07, 6.45) is 2.81. The van der Waals surface area contributed by atoms with Crippen LogP contribution in [0.3, 0.4) is 0 Å². The van der Waals surface area contributed by atoms with Crippen LogP contribution in [0.5, 0.6) is 5.75 Å². The molecule has 1 atom stereocenters. The molecule has 0 amide bonds. The zero-order valence-electron chi connectivity index (χ0n) is 9.74. The summed E-state index contributed by atoms with van der Waals surface area (Å²) in [4.78, 5) is 0. The van der Waals surface area contributed by atoms with Crippen LogP contribution >= 0.6 is 0 Å². The molecule has 0 aliphatic carbocycles. The molecule has 2 rings (SSSR count). The van der Waals surface area contributed by atoms with E-state index >= 15 is 0 Å². The number of rotatable bonds is 5. The van der Waals surface area contributed by atoms with Crippen molar-refractivity contribution in [3.8, 4) is 5.75 Å². The number of hydrogen-bond acceptors (Lipinski definition) is 3. The third-order valence-electron chi connectivity index (χ3n) is 2.88. The molecule has 1 heterocycles. The van der Waals surface area contributed by atoms with Gasteiger partial charge in [-0.25, -0.2) is 0 Å². The van der Waals surface area contributed by atoms with E-state index in [1.54, 1.807) is 7.11 Å². The zero-order valence-corrected chi connectivity index (χ0v) is 9.74. The minimum Gasteiger partial charge on any atom is -0.497 e. The third-order valence-corrected chi connectivity index (χ3v) is 2.88. The van der Waals surface area contributed by atoms with Crippen molar-refractivity contribution >= 4 is 0 Å². The van der Waals surface area contributed by atoms with Gasteiger partial charge in [-0.3, -0.25) is 0 Å². The van der Waals surface area contributed by atoms with E-state index in [-0.39, 0.29) is 0 Å². The molecule has 0 unspecified atom stereocenters. The topological polar surface area (TPSA) is 30.5 Å². The van der Waals surface area contributed by atoms with Crippen molar-refractivity contribution in [1.29, 1.82) is 0 Å². The maximum absolute atomic E-state index is 5.54. The Labute approximate surface area is 96.8 Å². The van der Waals surface area contributed by atoms with Crippen molar-refractivity contribution in [3.63, 3.8) is 0 Å². The normalized spacial score (nSPS) is 19.9. The van der Waals surface area contributed by atoms with Crippen molar-refractivity contribution < 1.29 is 9.47 Å². The van der Waals surface area contributed by atoms with Crippen LogP contribution in [0, 0.1) is 0 Å². The molecule has 1 saturated heterocycles. The van der Waals surface area contributed by atoms with E-state index < -0.39 is 0 Å². The Bertz CT molecular complexity index is 304. The van der Waals surface area contributed by atoms with Gasteiger partial charge in [0.05, 0.1) is 13.2 Å². The van der Waals surface area contributed by atoms with Crippen LogP contribution < -0.4 is 10.1 Å². The Balaban J connectivity index is 1.71. The molecule has 1 fully saturated rings. The van der Waals surface area contributed by atoms with Gasteiger partial charge in [-0.05, 0) is 30.5 Å². The van der Waals surface area contributed by atoms with Crippen molar-refractivity contribution in [2.45, 2.75) is 25.5 Å². The Morgan fingerprint density at radius 2 is 2.19 bits per heavy atom. The highest BCUT2D eigenvalue weighted by Crippen LogP contribution is 2.12. The summed E-state index contributed by atoms with van der Waals surface area (Å²) in [5, 5.41) is 3.42. The van der Waals surface area contributed by atoms with Gasteiger partial charge in [0.25, 0.3) is 0 Å². The van der Waals surface area contributed by atoms with E-state index in [4.69, 9.17) is 9.47 Å². The zero-order chi connectivity index (χ0) is 11.2. The van der Waals surface area contributed by atoms with E-state index in [1.165, 1.54) is 18.4 Å². The van der Waals surface area contributed by atoms with Gasteiger partial charge in [0.15, 0.2) is 0 Å². The molecule has 0 saturated carbocycles. The van der Waals surface area contributed by atoms with Gasteiger partial charge < -0.3 is 14.8 Å². The smallest absolute Gasteiger partial charge is 0.118 e. The van der Waals surface area contributed by atoms with Crippen molar-refractivity contribution in [2.24, 2.45) is 0 Å². The van der Waals surface area contributed by atoms with Crippen molar-refractivity contribution in [2.75, 3.05) is 20.3 Å². The summed E-state index contributed by atoms with van der Waals surface area (Å²) in [5.41, 5.74) is 1.28. The molecule has 88 valence electrons. The lowest BCUT2D eigenvalue weighted by Crippen LogP contribution is -2.25. The van der Waals surface area contributed by atoms with E-state index in [1.807, 2.05) is 12.1 Å². The number of ether oxygens (including phenoxy) is 2. The lowest BCUT2D eigenvalue weighted by atomic mass is 10.2. The number of benzene rings is 1. The predicted molar refractivity (Wildman–Crippen MR) is 63.7 cm³/mol. The first-order valence-corrected chi connectivity index (χ1v) is 5.84. The monoisotopic (exact) mass is 221 g/mol. The summed E-state index contributed by atoms with van der Waals surface area (Å²) in [6.45, 7) is 2.77. The molecule has 1 aliphatic rings. The van der Waals surface area contributed by atoms with Crippen LogP contribution in [0.25, 0.3) is 0 Å². The van der Waals surface area contributed by atoms with Crippen LogP contribution in [0.4, 0.5) is 0 Å². The molecule has 0 bridgehead atoms. The first-order chi connectivity index (χ1) is 7.88. The minimum atomic E-state index is 0.415. The summed E-state index contributed by atoms with van der Waals surface area (Å²) in [7, 11) is 1.69. The molecule has 0 aromatic heterocycles. The summed E-state index contributed by atoms with van der Waals surface area (Å²) < 4.78 is 10.7. The second-order valence-corrected chi connectivity index (χ2v) is 4.11. The van der Waals surface area contributed by atoms with Gasteiger partial charge in [0.2, 0.25) is 0 Å². The molecule has 0 radical (unpaired) electrons. The van der Waals surface area contributed by atoms with Crippen LogP contribution in [0.1, 0.15) is 18.4 Å². The van der Waals surface area contributed by atoms with Gasteiger partial charge in [-0.15, -0.1) is 0 Å². The highest BCUT2D eigenvalue weighted by molar-refractivity contribution is 5.26. The van der Waals surface area contributed by atoms with Crippen LogP contribution in [0.2, 0.25) is 0 Å². The maximum Gasteiger partial charge on any atom is 0.118 e. The molecular formula is C13H19NO2. The standard InChI is InChI=1S/C13H19NO2/c1-15-12-6-4-11(5-7-12)9-14-10-13-3-2-8-16-13/h4-7,13-14H,2-3,8-10H2,1H3/t13-/m1/s1. The fourth-order valence-electron chi connectivity index (χ4n) is 1.93. The van der Waals surface area contributed by atoms with Gasteiger partial charge in [-0.2, -0.15) is 0 Å². The number of hydrogen-bond donors (Lipinski definition) is 1. The molecule has 3 heteroatoms. The fraction of sp³-hybridized carbons (Fsp3) is 0.538. The Hall–Kier alpha value is -1.06. The average molecular weight is 221 g/mol. The molecule has 0 spiro atoms. The number of nitrogens with one attached hydrogen (secondary N) is 1. The van der Waals surface area contributed by atoms with Crippen molar-refractivity contribution in [1.82, 2.24) is 5.32 Å². The molecule has 1 aromatic carbocycles. The predicted octanol–water partition coefficient (Wildman–Crippen LogP) is 1.96. The van der Waals surface area contributed by atoms with Gasteiger partial charge in [-0.1, -0.05) is 12.1 Å². The Morgan fingerprint density at radius 1 is 1.38 bits per heavy atom. The maximum atomic E-state index is 5.54. The molecule has 1 aliphatic heterocycles. The summed E-state index contributed by atoms with van der Waals surface area (Å²) in [6, 6.07) is 8.15. The summed E-state index contributed by atoms with van der Waals surface area (Å²) >= 11 is 0. The van der Waals surface area contributed by atoms with E-state index in [9.17, 15) is 0 Å². The quantitative estimate of drug-likeness (QED) is 0.824. The second kappa shape index (κ2) is 5.87. The largest absolute Gasteiger partial charge is 0.497 e. The lowest BCUT2D eigenvalue weighted by Gasteiger charge is -2.10. The van der Waals surface area contributed by atoms with Crippen LogP contribution in [-0.4, -0.2) is 26.4 Å². The summed E-state index contributed by atoms with van der Waals surface area (Å²) in [5.74, 6) is 0.905. The van der Waals surface area contributed by atoms with Crippen molar-refractivity contribution in [3.05, 3.63) is 29.8 Å². The van der Waals surface area contributed by atoms with Crippen LogP contribution in [-0.2, 0) is 11.3 Å². The highest BCUT2D eigenvalue weighted by atomic mass is 16.5. The molecule has 1 N–H and O–H groups in total. The third kappa shape index (κ3) is 3.22. The van der Waals surface area contributed by atoms with E-state index in [0.717, 1.165) is 25.4 Å². The lowest BCUT2D eigenvalue weighted by molar-refractivity contribution is 0.110. The van der Waals surface area contributed by atoms with Crippen LogP contribution in [0.15, 0.2) is 24.3 Å². The molecule has 16 heavy (non-hydrogen) atoms. The molecule has 1 aromatic rings. The molecule has 3 nitrogen and oxygen atoms in total. The fourth-order valence-corrected chi connectivity index (χ4v) is 1.93. The first-order valence-electron chi connectivity index (χ1n) is 5.84. The van der Waals surface area contributed by atoms with E-state index in [0.29, 0.717) is 6.10 Å². The van der Waals surface area contributed by atoms with E-state index in [2.05, 4.69) is 17.4 Å². The van der Waals surface area contributed by atoms with Gasteiger partial charge >= 0.3 is 0 Å². The van der Waals surface area contributed by atoms with Gasteiger partial charge in [0.1, 0.15) is 5.75 Å². The number of methoxy groups -OCH3 is 1. The Morgan fingerprint density at radius 3 is 2.81 bits per heavy atom. The first kappa shape index (κ1) is 11.4. The highest BCUT2D eigenvalue weighted by Gasteiger charge is 2.14. The molecular weight excluding hydrogens is 202 g/mol. The minimum absolute atomic E-state index is 0.415. The Kier molecular flexibility index (Phi) is 4.19. The SMILES string of the molecule is COc1ccc(CNC[C@H]2CCCO2)cc1.